The summed E-state index contributed by atoms with van der Waals surface area (Å²) in [6.45, 7) is -1.29. The number of hydrogen-bond donors (Lipinski definition) is 0. The zero-order chi connectivity index (χ0) is 21.5. The average Bonchev–Trinajstić information content (AvgIpc) is 3.10. The highest BCUT2D eigenvalue weighted by atomic mass is 19.4. The van der Waals surface area contributed by atoms with Gasteiger partial charge in [-0.15, -0.1) is 0 Å². The molecule has 2 heterocycles. The van der Waals surface area contributed by atoms with Crippen molar-refractivity contribution in [3.63, 3.8) is 0 Å². The van der Waals surface area contributed by atoms with Crippen LogP contribution in [-0.2, 0) is 9.47 Å². The van der Waals surface area contributed by atoms with Gasteiger partial charge in [-0.3, -0.25) is 4.90 Å². The van der Waals surface area contributed by atoms with E-state index in [0.29, 0.717) is 4.90 Å². The molecule has 0 aliphatic carbocycles. The fourth-order valence-electron chi connectivity index (χ4n) is 3.15. The number of morpholine rings is 1. The van der Waals surface area contributed by atoms with E-state index in [2.05, 4.69) is 4.74 Å². The molecule has 5 atom stereocenters. The lowest BCUT2D eigenvalue weighted by Crippen LogP contribution is -2.64. The summed E-state index contributed by atoms with van der Waals surface area (Å²) in [6.07, 6.45) is -28.3. The summed E-state index contributed by atoms with van der Waals surface area (Å²) in [7, 11) is 0. The first-order valence-corrected chi connectivity index (χ1v) is 8.09. The van der Waals surface area contributed by atoms with Crippen LogP contribution in [0.5, 0.6) is 0 Å². The molecule has 5 unspecified atom stereocenters. The number of halogens is 11. The maximum atomic E-state index is 14.9. The van der Waals surface area contributed by atoms with Crippen LogP contribution in [0.2, 0.25) is 0 Å². The summed E-state index contributed by atoms with van der Waals surface area (Å²) in [4.78, 5) is 0.430. The van der Waals surface area contributed by atoms with Crippen molar-refractivity contribution in [1.82, 2.24) is 4.90 Å². The Labute approximate surface area is 151 Å². The third-order valence-electron chi connectivity index (χ3n) is 4.69. The van der Waals surface area contributed by atoms with Crippen LogP contribution >= 0.6 is 0 Å². The van der Waals surface area contributed by atoms with Gasteiger partial charge in [0.05, 0.1) is 13.2 Å². The van der Waals surface area contributed by atoms with Gasteiger partial charge in [-0.05, 0) is 12.8 Å². The van der Waals surface area contributed by atoms with E-state index in [1.165, 1.54) is 0 Å². The first-order chi connectivity index (χ1) is 12.6. The molecule has 0 aromatic rings. The molecule has 0 N–H and O–H groups in total. The second-order valence-electron chi connectivity index (χ2n) is 6.52. The highest BCUT2D eigenvalue weighted by molar-refractivity contribution is 5.05. The second kappa shape index (κ2) is 7.74. The Balaban J connectivity index is 2.25. The van der Waals surface area contributed by atoms with E-state index in [1.807, 2.05) is 0 Å². The molecule has 0 bridgehead atoms. The number of hydrogen-bond acceptors (Lipinski definition) is 3. The van der Waals surface area contributed by atoms with E-state index in [0.717, 1.165) is 0 Å². The Bertz CT molecular complexity index is 534. The molecule has 0 aromatic heterocycles. The molecule has 2 aliphatic rings. The minimum Gasteiger partial charge on any atom is -0.379 e. The quantitative estimate of drug-likeness (QED) is 0.478. The number of ether oxygens (including phenoxy) is 2. The van der Waals surface area contributed by atoms with Gasteiger partial charge in [0.2, 0.25) is 0 Å². The summed E-state index contributed by atoms with van der Waals surface area (Å²) in [5.41, 5.74) is -4.81. The Hall–Kier alpha value is -0.890. The SMILES string of the molecule is FC(C(F)(F)F)C(F)(F)C1CCC(C(F)(C(F)N2CCOCC2)C(F)(F)F)O1. The smallest absolute Gasteiger partial charge is 0.379 e. The second-order valence-corrected chi connectivity index (χ2v) is 6.52. The van der Waals surface area contributed by atoms with E-state index in [9.17, 15) is 48.3 Å². The summed E-state index contributed by atoms with van der Waals surface area (Å²) >= 11 is 0. The highest BCUT2D eigenvalue weighted by Crippen LogP contribution is 2.50. The van der Waals surface area contributed by atoms with Crippen LogP contribution in [0, 0.1) is 0 Å². The molecule has 0 aromatic carbocycles. The molecule has 0 radical (unpaired) electrons. The Morgan fingerprint density at radius 3 is 1.75 bits per heavy atom. The molecule has 28 heavy (non-hydrogen) atoms. The van der Waals surface area contributed by atoms with Crippen molar-refractivity contribution in [2.75, 3.05) is 26.3 Å². The minimum absolute atomic E-state index is 0.213. The van der Waals surface area contributed by atoms with E-state index >= 15 is 0 Å². The van der Waals surface area contributed by atoms with Crippen molar-refractivity contribution >= 4 is 0 Å². The molecule has 2 aliphatic heterocycles. The van der Waals surface area contributed by atoms with Crippen LogP contribution in [0.1, 0.15) is 12.8 Å². The van der Waals surface area contributed by atoms with Crippen molar-refractivity contribution in [2.24, 2.45) is 0 Å². The van der Waals surface area contributed by atoms with Gasteiger partial charge in [0, 0.05) is 13.1 Å². The maximum absolute atomic E-state index is 14.9. The molecule has 14 heteroatoms. The van der Waals surface area contributed by atoms with Crippen LogP contribution in [0.15, 0.2) is 0 Å². The van der Waals surface area contributed by atoms with E-state index in [1.54, 1.807) is 0 Å². The average molecular weight is 439 g/mol. The normalized spacial score (nSPS) is 30.1. The summed E-state index contributed by atoms with van der Waals surface area (Å²) in [6, 6.07) is 0. The molecule has 2 saturated heterocycles. The van der Waals surface area contributed by atoms with Crippen LogP contribution in [0.4, 0.5) is 48.3 Å². The van der Waals surface area contributed by atoms with Crippen LogP contribution < -0.4 is 0 Å². The molecule has 3 nitrogen and oxygen atoms in total. The first kappa shape index (κ1) is 23.4. The van der Waals surface area contributed by atoms with Gasteiger partial charge >= 0.3 is 18.3 Å². The third kappa shape index (κ3) is 4.18. The monoisotopic (exact) mass is 439 g/mol. The van der Waals surface area contributed by atoms with Gasteiger partial charge in [-0.2, -0.15) is 26.3 Å². The Kier molecular flexibility index (Phi) is 6.47. The van der Waals surface area contributed by atoms with Crippen molar-refractivity contribution in [3.05, 3.63) is 0 Å². The van der Waals surface area contributed by atoms with E-state index in [4.69, 9.17) is 4.74 Å². The fourth-order valence-corrected chi connectivity index (χ4v) is 3.15. The fraction of sp³-hybridized carbons (Fsp3) is 1.00. The maximum Gasteiger partial charge on any atom is 0.429 e. The summed E-state index contributed by atoms with van der Waals surface area (Å²) in [5.74, 6) is -5.27. The largest absolute Gasteiger partial charge is 0.429 e. The number of alkyl halides is 11. The van der Waals surface area contributed by atoms with Gasteiger partial charge in [0.1, 0.15) is 12.2 Å². The molecular weight excluding hydrogens is 423 g/mol. The van der Waals surface area contributed by atoms with Crippen molar-refractivity contribution in [1.29, 1.82) is 0 Å². The molecule has 0 spiro atoms. The lowest BCUT2D eigenvalue weighted by molar-refractivity contribution is -0.316. The molecule has 0 amide bonds. The third-order valence-corrected chi connectivity index (χ3v) is 4.69. The standard InChI is InChI=1S/C14H16F11NO2/c15-9(13(20,21)22)12(18,19)8-2-1-7(28-8)11(17,14(23,24)25)10(16)26-3-5-27-6-4-26/h7-10H,1-6H2. The summed E-state index contributed by atoms with van der Waals surface area (Å²) in [5, 5.41) is 0. The Morgan fingerprint density at radius 1 is 0.786 bits per heavy atom. The van der Waals surface area contributed by atoms with E-state index in [-0.39, 0.29) is 13.2 Å². The lowest BCUT2D eigenvalue weighted by atomic mass is 9.92. The van der Waals surface area contributed by atoms with Gasteiger partial charge in [-0.25, -0.2) is 22.0 Å². The number of nitrogens with zero attached hydrogens (tertiary/aromatic N) is 1. The molecule has 166 valence electrons. The van der Waals surface area contributed by atoms with Crippen molar-refractivity contribution < 1.29 is 57.8 Å². The Morgan fingerprint density at radius 2 is 1.29 bits per heavy atom. The van der Waals surface area contributed by atoms with Gasteiger partial charge < -0.3 is 9.47 Å². The zero-order valence-electron chi connectivity index (χ0n) is 14.0. The molecule has 2 fully saturated rings. The number of rotatable bonds is 5. The van der Waals surface area contributed by atoms with Gasteiger partial charge in [0.15, 0.2) is 6.30 Å². The predicted molar refractivity (Wildman–Crippen MR) is 71.0 cm³/mol. The van der Waals surface area contributed by atoms with Crippen LogP contribution in [-0.4, -0.2) is 79.8 Å². The molecule has 0 saturated carbocycles. The molecular formula is C14H16F11NO2. The summed E-state index contributed by atoms with van der Waals surface area (Å²) < 4.78 is 156. The lowest BCUT2D eigenvalue weighted by Gasteiger charge is -2.41. The van der Waals surface area contributed by atoms with Crippen LogP contribution in [0.25, 0.3) is 0 Å². The van der Waals surface area contributed by atoms with Gasteiger partial charge in [0.25, 0.3) is 11.8 Å². The topological polar surface area (TPSA) is 21.7 Å². The van der Waals surface area contributed by atoms with Crippen LogP contribution in [0.3, 0.4) is 0 Å². The predicted octanol–water partition coefficient (Wildman–Crippen LogP) is 3.97. The highest BCUT2D eigenvalue weighted by Gasteiger charge is 2.71. The van der Waals surface area contributed by atoms with Gasteiger partial charge in [-0.1, -0.05) is 0 Å². The van der Waals surface area contributed by atoms with E-state index < -0.39 is 74.6 Å². The minimum atomic E-state index is -6.02. The first-order valence-electron chi connectivity index (χ1n) is 8.09. The van der Waals surface area contributed by atoms with Crippen molar-refractivity contribution in [2.45, 2.75) is 61.5 Å². The zero-order valence-corrected chi connectivity index (χ0v) is 14.0. The van der Waals surface area contributed by atoms with Crippen molar-refractivity contribution in [3.8, 4) is 0 Å². The molecule has 2 rings (SSSR count).